The molecule has 6 nitrogen and oxygen atoms in total. The molecule has 0 aliphatic carbocycles. The number of piperazine rings is 1. The fourth-order valence-corrected chi connectivity index (χ4v) is 5.62. The molecule has 3 N–H and O–H groups in total. The lowest BCUT2D eigenvalue weighted by Crippen LogP contribution is -2.51. The third-order valence-corrected chi connectivity index (χ3v) is 7.62. The number of phenolic OH excluding ortho intramolecular Hbond substituents is 1. The van der Waals surface area contributed by atoms with Crippen LogP contribution >= 0.6 is 0 Å². The highest BCUT2D eigenvalue weighted by Crippen LogP contribution is 2.22. The Balaban J connectivity index is 1.07. The SMILES string of the molecule is Oc1ccc(CCCc2nccc(-c3cccc(CN4CCN[C@@H](Cc5c[nH]c6ccccc56)C4)c3)n2)cc1. The van der Waals surface area contributed by atoms with Crippen LogP contribution in [0.15, 0.2) is 91.3 Å². The van der Waals surface area contributed by atoms with Gasteiger partial charge in [-0.15, -0.1) is 0 Å². The van der Waals surface area contributed by atoms with Crippen molar-refractivity contribution in [2.45, 2.75) is 38.3 Å². The lowest BCUT2D eigenvalue weighted by molar-refractivity contribution is 0.192. The Kier molecular flexibility index (Phi) is 7.66. The minimum atomic E-state index is 0.305. The number of nitrogens with one attached hydrogen (secondary N) is 2. The van der Waals surface area contributed by atoms with Gasteiger partial charge in [0.05, 0.1) is 5.69 Å². The summed E-state index contributed by atoms with van der Waals surface area (Å²) in [5, 5.41) is 14.5. The third kappa shape index (κ3) is 6.36. The molecule has 0 unspecified atom stereocenters. The topological polar surface area (TPSA) is 77.1 Å². The van der Waals surface area contributed by atoms with E-state index in [0.717, 1.165) is 68.9 Å². The molecule has 0 saturated carbocycles. The Labute approximate surface area is 229 Å². The molecule has 39 heavy (non-hydrogen) atoms. The number of hydrogen-bond donors (Lipinski definition) is 3. The van der Waals surface area contributed by atoms with Gasteiger partial charge in [0, 0.05) is 67.5 Å². The highest BCUT2D eigenvalue weighted by atomic mass is 16.3. The highest BCUT2D eigenvalue weighted by Gasteiger charge is 2.21. The lowest BCUT2D eigenvalue weighted by atomic mass is 10.0. The van der Waals surface area contributed by atoms with Crippen molar-refractivity contribution in [2.24, 2.45) is 0 Å². The summed E-state index contributed by atoms with van der Waals surface area (Å²) < 4.78 is 0. The second-order valence-corrected chi connectivity index (χ2v) is 10.5. The minimum absolute atomic E-state index is 0.305. The van der Waals surface area contributed by atoms with E-state index < -0.39 is 0 Å². The summed E-state index contributed by atoms with van der Waals surface area (Å²) in [6, 6.07) is 27.2. The van der Waals surface area contributed by atoms with E-state index in [-0.39, 0.29) is 0 Å². The van der Waals surface area contributed by atoms with Gasteiger partial charge < -0.3 is 15.4 Å². The number of phenols is 1. The van der Waals surface area contributed by atoms with E-state index in [0.29, 0.717) is 11.8 Å². The van der Waals surface area contributed by atoms with E-state index in [2.05, 4.69) is 74.9 Å². The van der Waals surface area contributed by atoms with Gasteiger partial charge in [0.25, 0.3) is 0 Å². The Morgan fingerprint density at radius 1 is 0.923 bits per heavy atom. The zero-order valence-electron chi connectivity index (χ0n) is 22.2. The maximum Gasteiger partial charge on any atom is 0.128 e. The highest BCUT2D eigenvalue weighted by molar-refractivity contribution is 5.83. The van der Waals surface area contributed by atoms with Gasteiger partial charge in [-0.2, -0.15) is 0 Å². The second-order valence-electron chi connectivity index (χ2n) is 10.5. The molecule has 0 radical (unpaired) electrons. The Bertz CT molecular complexity index is 1530. The number of nitrogens with zero attached hydrogens (tertiary/aromatic N) is 3. The number of aromatic hydroxyl groups is 1. The van der Waals surface area contributed by atoms with E-state index >= 15 is 0 Å². The quantitative estimate of drug-likeness (QED) is 0.240. The first-order valence-corrected chi connectivity index (χ1v) is 13.9. The summed E-state index contributed by atoms with van der Waals surface area (Å²) >= 11 is 0. The van der Waals surface area contributed by atoms with Crippen molar-refractivity contribution < 1.29 is 5.11 Å². The Morgan fingerprint density at radius 2 is 1.82 bits per heavy atom. The van der Waals surface area contributed by atoms with Crippen LogP contribution in [0.1, 0.15) is 28.9 Å². The number of rotatable bonds is 9. The summed E-state index contributed by atoms with van der Waals surface area (Å²) in [5.41, 5.74) is 7.24. The van der Waals surface area contributed by atoms with Crippen molar-refractivity contribution in [1.29, 1.82) is 0 Å². The molecule has 1 atom stereocenters. The molecule has 2 aromatic heterocycles. The summed E-state index contributed by atoms with van der Waals surface area (Å²) in [7, 11) is 0. The molecule has 6 rings (SSSR count). The van der Waals surface area contributed by atoms with Gasteiger partial charge in [-0.25, -0.2) is 9.97 Å². The maximum atomic E-state index is 9.47. The molecule has 0 bridgehead atoms. The van der Waals surface area contributed by atoms with Gasteiger partial charge in [-0.3, -0.25) is 4.90 Å². The largest absolute Gasteiger partial charge is 0.508 e. The second kappa shape index (κ2) is 11.8. The van der Waals surface area contributed by atoms with E-state index in [1.165, 1.54) is 27.6 Å². The Morgan fingerprint density at radius 3 is 2.74 bits per heavy atom. The molecule has 1 fully saturated rings. The molecule has 0 spiro atoms. The van der Waals surface area contributed by atoms with Crippen molar-refractivity contribution >= 4 is 10.9 Å². The number of hydrogen-bond acceptors (Lipinski definition) is 5. The third-order valence-electron chi connectivity index (χ3n) is 7.62. The Hall–Kier alpha value is -4.00. The van der Waals surface area contributed by atoms with E-state index in [1.807, 2.05) is 24.4 Å². The summed E-state index contributed by atoms with van der Waals surface area (Å²) in [4.78, 5) is 15.4. The monoisotopic (exact) mass is 517 g/mol. The van der Waals surface area contributed by atoms with E-state index in [4.69, 9.17) is 4.98 Å². The van der Waals surface area contributed by atoms with Crippen molar-refractivity contribution in [1.82, 2.24) is 25.2 Å². The number of H-pyrrole nitrogens is 1. The van der Waals surface area contributed by atoms with Crippen LogP contribution in [0.3, 0.4) is 0 Å². The molecular weight excluding hydrogens is 482 g/mol. The number of benzene rings is 3. The van der Waals surface area contributed by atoms with Crippen LogP contribution < -0.4 is 5.32 Å². The van der Waals surface area contributed by atoms with Crippen LogP contribution in [-0.4, -0.2) is 50.6 Å². The van der Waals surface area contributed by atoms with E-state index in [1.54, 1.807) is 12.1 Å². The van der Waals surface area contributed by atoms with Gasteiger partial charge in [-0.1, -0.05) is 48.5 Å². The van der Waals surface area contributed by atoms with Crippen molar-refractivity contribution in [3.63, 3.8) is 0 Å². The fraction of sp³-hybridized carbons (Fsp3) is 0.273. The van der Waals surface area contributed by atoms with E-state index in [9.17, 15) is 5.11 Å². The average molecular weight is 518 g/mol. The molecule has 1 aliphatic rings. The molecule has 3 heterocycles. The van der Waals surface area contributed by atoms with Crippen LogP contribution in [0.25, 0.3) is 22.2 Å². The molecule has 198 valence electrons. The first-order valence-electron chi connectivity index (χ1n) is 13.9. The predicted molar refractivity (Wildman–Crippen MR) is 157 cm³/mol. The number of para-hydroxylation sites is 1. The van der Waals surface area contributed by atoms with Crippen LogP contribution in [0.2, 0.25) is 0 Å². The fourth-order valence-electron chi connectivity index (χ4n) is 5.62. The smallest absolute Gasteiger partial charge is 0.128 e. The lowest BCUT2D eigenvalue weighted by Gasteiger charge is -2.34. The number of aryl methyl sites for hydroxylation is 2. The van der Waals surface area contributed by atoms with Crippen molar-refractivity contribution in [3.05, 3.63) is 114 Å². The van der Waals surface area contributed by atoms with Gasteiger partial charge in [0.15, 0.2) is 0 Å². The predicted octanol–water partition coefficient (Wildman–Crippen LogP) is 5.52. The van der Waals surface area contributed by atoms with Crippen LogP contribution in [0, 0.1) is 0 Å². The first-order chi connectivity index (χ1) is 19.2. The normalized spacial score (nSPS) is 16.1. The van der Waals surface area contributed by atoms with Crippen LogP contribution in [-0.2, 0) is 25.8 Å². The molecular formula is C33H35N5O. The number of aromatic nitrogens is 3. The van der Waals surface area contributed by atoms with Crippen LogP contribution in [0.4, 0.5) is 0 Å². The van der Waals surface area contributed by atoms with Crippen molar-refractivity contribution in [2.75, 3.05) is 19.6 Å². The minimum Gasteiger partial charge on any atom is -0.508 e. The molecule has 1 aliphatic heterocycles. The zero-order valence-corrected chi connectivity index (χ0v) is 22.2. The molecule has 6 heteroatoms. The summed E-state index contributed by atoms with van der Waals surface area (Å²) in [5.74, 6) is 1.18. The summed E-state index contributed by atoms with van der Waals surface area (Å²) in [6.07, 6.45) is 7.80. The molecule has 0 amide bonds. The standard InChI is InChI=1S/C33H35N5O/c39-29-13-11-24(12-14-29)5-4-10-33-35-16-15-31(37-33)26-7-3-6-25(19-26)22-38-18-17-34-28(23-38)20-27-21-36-32-9-2-1-8-30(27)32/h1-3,6-9,11-16,19,21,28,34,36,39H,4-5,10,17-18,20,22-23H2/t28-/m0/s1. The zero-order chi connectivity index (χ0) is 26.4. The van der Waals surface area contributed by atoms with Gasteiger partial charge in [0.2, 0.25) is 0 Å². The number of fused-ring (bicyclic) bond motifs is 1. The van der Waals surface area contributed by atoms with Crippen molar-refractivity contribution in [3.8, 4) is 17.0 Å². The van der Waals surface area contributed by atoms with Gasteiger partial charge >= 0.3 is 0 Å². The van der Waals surface area contributed by atoms with Crippen LogP contribution in [0.5, 0.6) is 5.75 Å². The van der Waals surface area contributed by atoms with Gasteiger partial charge in [-0.05, 0) is 66.3 Å². The molecule has 3 aromatic carbocycles. The first kappa shape index (κ1) is 25.3. The molecule has 1 saturated heterocycles. The molecule has 5 aromatic rings. The number of aromatic amines is 1. The van der Waals surface area contributed by atoms with Gasteiger partial charge in [0.1, 0.15) is 11.6 Å². The average Bonchev–Trinajstić information content (AvgIpc) is 3.37. The maximum absolute atomic E-state index is 9.47. The summed E-state index contributed by atoms with van der Waals surface area (Å²) in [6.45, 7) is 4.02.